The van der Waals surface area contributed by atoms with E-state index in [1.165, 1.54) is 0 Å². The molecule has 4 heteroatoms. The first-order valence-corrected chi connectivity index (χ1v) is 7.17. The molecule has 0 heterocycles. The molecule has 0 spiro atoms. The van der Waals surface area contributed by atoms with Crippen molar-refractivity contribution in [1.82, 2.24) is 5.32 Å². The summed E-state index contributed by atoms with van der Waals surface area (Å²) in [4.78, 5) is 11.8. The molecule has 0 saturated heterocycles. The number of halogens is 1. The molecule has 0 unspecified atom stereocenters. The van der Waals surface area contributed by atoms with Crippen LogP contribution in [0.2, 0.25) is 0 Å². The van der Waals surface area contributed by atoms with Gasteiger partial charge in [-0.1, -0.05) is 33.6 Å². The Kier molecular flexibility index (Phi) is 10.6. The van der Waals surface area contributed by atoms with Gasteiger partial charge in [-0.05, 0) is 45.1 Å². The van der Waals surface area contributed by atoms with Crippen molar-refractivity contribution < 1.29 is 4.79 Å². The monoisotopic (exact) mass is 292 g/mol. The predicted octanol–water partition coefficient (Wildman–Crippen LogP) is 3.65. The molecule has 0 saturated carbocycles. The van der Waals surface area contributed by atoms with Gasteiger partial charge >= 0.3 is 0 Å². The van der Waals surface area contributed by atoms with Gasteiger partial charge in [-0.25, -0.2) is 0 Å². The van der Waals surface area contributed by atoms with Gasteiger partial charge in [0.2, 0.25) is 5.91 Å². The summed E-state index contributed by atoms with van der Waals surface area (Å²) in [7, 11) is 0. The lowest BCUT2D eigenvalue weighted by atomic mass is 9.81. The Balaban J connectivity index is 0. The molecule has 0 aromatic rings. The minimum Gasteiger partial charge on any atom is -0.351 e. The molecule has 1 amide bonds. The third-order valence-corrected chi connectivity index (χ3v) is 2.81. The molecule has 116 valence electrons. The normalized spacial score (nSPS) is 11.9. The van der Waals surface area contributed by atoms with E-state index in [-0.39, 0.29) is 29.3 Å². The van der Waals surface area contributed by atoms with E-state index >= 15 is 0 Å². The van der Waals surface area contributed by atoms with Gasteiger partial charge in [0.1, 0.15) is 0 Å². The van der Waals surface area contributed by atoms with E-state index in [0.717, 1.165) is 38.6 Å². The maximum atomic E-state index is 11.8. The van der Waals surface area contributed by atoms with Gasteiger partial charge in [0.25, 0.3) is 0 Å². The highest BCUT2D eigenvalue weighted by atomic mass is 35.5. The second kappa shape index (κ2) is 9.60. The summed E-state index contributed by atoms with van der Waals surface area (Å²) in [5.41, 5.74) is 5.55. The van der Waals surface area contributed by atoms with E-state index in [0.29, 0.717) is 6.42 Å². The lowest BCUT2D eigenvalue weighted by Gasteiger charge is -2.33. The first-order valence-electron chi connectivity index (χ1n) is 7.17. The third-order valence-electron chi connectivity index (χ3n) is 2.81. The van der Waals surface area contributed by atoms with Crippen molar-refractivity contribution in [3.8, 4) is 0 Å². The SMILES string of the molecule is CC(C)(C)CC(C)(C)NC(=O)CCCCCCN.Cl. The summed E-state index contributed by atoms with van der Waals surface area (Å²) in [6.07, 6.45) is 5.89. The summed E-state index contributed by atoms with van der Waals surface area (Å²) < 4.78 is 0. The van der Waals surface area contributed by atoms with E-state index < -0.39 is 0 Å². The highest BCUT2D eigenvalue weighted by Crippen LogP contribution is 2.26. The topological polar surface area (TPSA) is 55.1 Å². The molecule has 0 bridgehead atoms. The Hall–Kier alpha value is -0.280. The molecule has 3 N–H and O–H groups in total. The zero-order valence-corrected chi connectivity index (χ0v) is 14.2. The molecule has 0 aromatic heterocycles. The number of unbranched alkanes of at least 4 members (excludes halogenated alkanes) is 3. The van der Waals surface area contributed by atoms with Crippen LogP contribution in [0, 0.1) is 5.41 Å². The molecular formula is C15H33ClN2O. The number of nitrogens with one attached hydrogen (secondary N) is 1. The van der Waals surface area contributed by atoms with Crippen molar-refractivity contribution >= 4 is 18.3 Å². The van der Waals surface area contributed by atoms with Gasteiger partial charge in [-0.3, -0.25) is 4.79 Å². The second-order valence-corrected chi connectivity index (χ2v) is 7.12. The fourth-order valence-electron chi connectivity index (χ4n) is 2.59. The highest BCUT2D eigenvalue weighted by molar-refractivity contribution is 5.85. The smallest absolute Gasteiger partial charge is 0.220 e. The Labute approximate surface area is 125 Å². The fourth-order valence-corrected chi connectivity index (χ4v) is 2.59. The quantitative estimate of drug-likeness (QED) is 0.671. The Morgan fingerprint density at radius 1 is 1.00 bits per heavy atom. The zero-order chi connectivity index (χ0) is 14.2. The lowest BCUT2D eigenvalue weighted by Crippen LogP contribution is -2.45. The maximum absolute atomic E-state index is 11.8. The van der Waals surface area contributed by atoms with Crippen LogP contribution in [0.3, 0.4) is 0 Å². The molecule has 0 aliphatic carbocycles. The van der Waals surface area contributed by atoms with E-state index in [9.17, 15) is 4.79 Å². The number of rotatable bonds is 8. The summed E-state index contributed by atoms with van der Waals surface area (Å²) in [6.45, 7) is 11.6. The Morgan fingerprint density at radius 3 is 2.00 bits per heavy atom. The molecule has 0 fully saturated rings. The molecule has 0 aliphatic heterocycles. The van der Waals surface area contributed by atoms with Crippen LogP contribution in [0.4, 0.5) is 0 Å². The van der Waals surface area contributed by atoms with Gasteiger partial charge in [0, 0.05) is 12.0 Å². The standard InChI is InChI=1S/C15H32N2O.ClH/c1-14(2,3)12-15(4,5)17-13(18)10-8-6-7-9-11-16;/h6-12,16H2,1-5H3,(H,17,18);1H. The van der Waals surface area contributed by atoms with Crippen LogP contribution in [-0.2, 0) is 4.79 Å². The predicted molar refractivity (Wildman–Crippen MR) is 85.7 cm³/mol. The Morgan fingerprint density at radius 2 is 1.53 bits per heavy atom. The number of hydrogen-bond acceptors (Lipinski definition) is 2. The van der Waals surface area contributed by atoms with Gasteiger partial charge in [-0.2, -0.15) is 0 Å². The largest absolute Gasteiger partial charge is 0.351 e. The number of carbonyl (C=O) groups is 1. The molecule has 0 radical (unpaired) electrons. The molecule has 0 atom stereocenters. The van der Waals surface area contributed by atoms with Crippen LogP contribution in [0.1, 0.15) is 73.1 Å². The van der Waals surface area contributed by atoms with E-state index in [1.807, 2.05) is 0 Å². The van der Waals surface area contributed by atoms with Gasteiger partial charge in [0.05, 0.1) is 0 Å². The number of carbonyl (C=O) groups excluding carboxylic acids is 1. The van der Waals surface area contributed by atoms with Crippen LogP contribution in [0.15, 0.2) is 0 Å². The maximum Gasteiger partial charge on any atom is 0.220 e. The van der Waals surface area contributed by atoms with Crippen LogP contribution in [0.25, 0.3) is 0 Å². The zero-order valence-electron chi connectivity index (χ0n) is 13.3. The van der Waals surface area contributed by atoms with Crippen molar-refractivity contribution in [2.24, 2.45) is 11.1 Å². The summed E-state index contributed by atoms with van der Waals surface area (Å²) >= 11 is 0. The number of amides is 1. The first-order chi connectivity index (χ1) is 8.16. The van der Waals surface area contributed by atoms with Crippen LogP contribution in [-0.4, -0.2) is 18.0 Å². The molecule has 0 aliphatic rings. The van der Waals surface area contributed by atoms with Gasteiger partial charge < -0.3 is 11.1 Å². The van der Waals surface area contributed by atoms with Crippen LogP contribution >= 0.6 is 12.4 Å². The van der Waals surface area contributed by atoms with E-state index in [2.05, 4.69) is 39.9 Å². The van der Waals surface area contributed by atoms with Crippen molar-refractivity contribution in [1.29, 1.82) is 0 Å². The minimum atomic E-state index is -0.118. The molecular weight excluding hydrogens is 260 g/mol. The van der Waals surface area contributed by atoms with Crippen molar-refractivity contribution in [3.63, 3.8) is 0 Å². The van der Waals surface area contributed by atoms with Crippen LogP contribution in [0.5, 0.6) is 0 Å². The Bertz CT molecular complexity index is 247. The fraction of sp³-hybridized carbons (Fsp3) is 0.933. The summed E-state index contributed by atoms with van der Waals surface area (Å²) in [5.74, 6) is 0.178. The number of nitrogens with two attached hydrogens (primary N) is 1. The van der Waals surface area contributed by atoms with E-state index in [4.69, 9.17) is 5.73 Å². The average Bonchev–Trinajstić information content (AvgIpc) is 2.12. The average molecular weight is 293 g/mol. The summed E-state index contributed by atoms with van der Waals surface area (Å²) in [6, 6.07) is 0. The minimum absolute atomic E-state index is 0. The molecule has 0 rings (SSSR count). The van der Waals surface area contributed by atoms with Gasteiger partial charge in [0.15, 0.2) is 0 Å². The van der Waals surface area contributed by atoms with Gasteiger partial charge in [-0.15, -0.1) is 12.4 Å². The summed E-state index contributed by atoms with van der Waals surface area (Å²) in [5, 5.41) is 3.14. The lowest BCUT2D eigenvalue weighted by molar-refractivity contribution is -0.123. The van der Waals surface area contributed by atoms with E-state index in [1.54, 1.807) is 0 Å². The third kappa shape index (κ3) is 13.9. The number of hydrogen-bond donors (Lipinski definition) is 2. The molecule has 3 nitrogen and oxygen atoms in total. The van der Waals surface area contributed by atoms with Crippen molar-refractivity contribution in [2.75, 3.05) is 6.54 Å². The molecule has 19 heavy (non-hydrogen) atoms. The van der Waals surface area contributed by atoms with Crippen LogP contribution < -0.4 is 11.1 Å². The second-order valence-electron chi connectivity index (χ2n) is 7.12. The van der Waals surface area contributed by atoms with Crippen molar-refractivity contribution in [3.05, 3.63) is 0 Å². The first kappa shape index (κ1) is 21.0. The van der Waals surface area contributed by atoms with Crippen molar-refractivity contribution in [2.45, 2.75) is 78.7 Å². The molecule has 0 aromatic carbocycles. The highest BCUT2D eigenvalue weighted by Gasteiger charge is 2.26.